The molecule has 1 fully saturated rings. The number of carbonyl (C=O) groups excluding carboxylic acids is 2. The summed E-state index contributed by atoms with van der Waals surface area (Å²) in [5.41, 5.74) is -0.137. The van der Waals surface area contributed by atoms with Crippen molar-refractivity contribution in [3.05, 3.63) is 23.8 Å². The number of methoxy groups -OCH3 is 2. The van der Waals surface area contributed by atoms with E-state index in [0.29, 0.717) is 56.2 Å². The molecule has 2 rings (SSSR count). The summed E-state index contributed by atoms with van der Waals surface area (Å²) < 4.78 is 22.2. The van der Waals surface area contributed by atoms with E-state index in [4.69, 9.17) is 18.9 Å². The van der Waals surface area contributed by atoms with Crippen molar-refractivity contribution in [1.82, 2.24) is 9.80 Å². The van der Waals surface area contributed by atoms with Crippen LogP contribution < -0.4 is 9.47 Å². The van der Waals surface area contributed by atoms with Crippen LogP contribution in [-0.4, -0.2) is 93.1 Å². The first-order valence-corrected chi connectivity index (χ1v) is 17.2. The van der Waals surface area contributed by atoms with Crippen LogP contribution in [0.4, 0.5) is 4.79 Å². The maximum Gasteiger partial charge on any atom is 0.410 e. The van der Waals surface area contributed by atoms with Gasteiger partial charge in [-0.1, -0.05) is 13.8 Å². The Kier molecular flexibility index (Phi) is 11.5. The largest absolute Gasteiger partial charge is 0.493 e. The molecule has 1 aliphatic rings. The molecule has 0 aromatic heterocycles. The number of hydrogen-bond acceptors (Lipinski definition) is 7. The zero-order chi connectivity index (χ0) is 30.5. The van der Waals surface area contributed by atoms with Crippen LogP contribution in [0.15, 0.2) is 18.2 Å². The lowest BCUT2D eigenvalue weighted by Gasteiger charge is -2.41. The van der Waals surface area contributed by atoms with Gasteiger partial charge in [0.2, 0.25) is 0 Å². The predicted octanol–water partition coefficient (Wildman–Crippen LogP) is 5.56. The van der Waals surface area contributed by atoms with Gasteiger partial charge in [0.05, 0.1) is 19.8 Å². The highest BCUT2D eigenvalue weighted by Crippen LogP contribution is 2.45. The maximum atomic E-state index is 14.1. The molecule has 1 N–H and O–H groups in total. The molecule has 0 saturated carbocycles. The molecule has 2 amide bonds. The van der Waals surface area contributed by atoms with Crippen LogP contribution in [0.1, 0.15) is 71.7 Å². The van der Waals surface area contributed by atoms with Crippen molar-refractivity contribution in [2.75, 3.05) is 40.5 Å². The van der Waals surface area contributed by atoms with E-state index in [9.17, 15) is 14.4 Å². The van der Waals surface area contributed by atoms with Gasteiger partial charge in [0, 0.05) is 44.8 Å². The highest BCUT2D eigenvalue weighted by Gasteiger charge is 2.48. The lowest BCUT2D eigenvalue weighted by Crippen LogP contribution is -2.50. The van der Waals surface area contributed by atoms with Gasteiger partial charge in [0.25, 0.3) is 5.91 Å². The molecule has 1 aromatic rings. The third-order valence-corrected chi connectivity index (χ3v) is 11.3. The minimum atomic E-state index is -2.54. The van der Waals surface area contributed by atoms with Crippen molar-refractivity contribution in [1.29, 1.82) is 0 Å². The highest BCUT2D eigenvalue weighted by molar-refractivity contribution is 6.72. The van der Waals surface area contributed by atoms with Crippen molar-refractivity contribution >= 4 is 20.3 Å². The van der Waals surface area contributed by atoms with Gasteiger partial charge >= 0.3 is 6.09 Å². The Bertz CT molecular complexity index is 1000. The lowest BCUT2D eigenvalue weighted by atomic mass is 9.90. The lowest BCUT2D eigenvalue weighted by molar-refractivity contribution is 0.0268. The monoisotopic (exact) mass is 580 g/mol. The van der Waals surface area contributed by atoms with Gasteiger partial charge in [-0.05, 0) is 83.3 Å². The van der Waals surface area contributed by atoms with Gasteiger partial charge < -0.3 is 33.5 Å². The Morgan fingerprint density at radius 3 is 2.25 bits per heavy atom. The van der Waals surface area contributed by atoms with Gasteiger partial charge in [-0.15, -0.1) is 0 Å². The molecule has 1 heterocycles. The van der Waals surface area contributed by atoms with E-state index in [1.165, 1.54) is 0 Å². The van der Waals surface area contributed by atoms with Gasteiger partial charge in [-0.2, -0.15) is 0 Å². The number of ether oxygens (including phenoxy) is 4. The number of hydrogen-bond donors (Lipinski definition) is 1. The van der Waals surface area contributed by atoms with Crippen LogP contribution in [0.5, 0.6) is 11.5 Å². The molecule has 0 aliphatic carbocycles. The second-order valence-corrected chi connectivity index (χ2v) is 17.7. The number of amides is 2. The Morgan fingerprint density at radius 1 is 1.07 bits per heavy atom. The van der Waals surface area contributed by atoms with E-state index in [1.807, 2.05) is 52.6 Å². The summed E-state index contributed by atoms with van der Waals surface area (Å²) in [6.45, 7) is 19.4. The van der Waals surface area contributed by atoms with Crippen molar-refractivity contribution < 1.29 is 33.3 Å². The smallest absolute Gasteiger partial charge is 0.410 e. The first-order chi connectivity index (χ1) is 18.4. The molecule has 0 spiro atoms. The Balaban J connectivity index is 2.44. The number of carbonyl (C=O) groups is 2. The third kappa shape index (κ3) is 8.85. The van der Waals surface area contributed by atoms with Crippen LogP contribution in [0.25, 0.3) is 0 Å². The summed E-state index contributed by atoms with van der Waals surface area (Å²) in [4.78, 5) is 41.9. The van der Waals surface area contributed by atoms with Crippen LogP contribution >= 0.6 is 0 Å². The molecular formula is C30H52N2O7Si. The summed E-state index contributed by atoms with van der Waals surface area (Å²) in [6.07, 6.45) is 1.01. The summed E-state index contributed by atoms with van der Waals surface area (Å²) in [5.74, 6) is 0.881. The van der Waals surface area contributed by atoms with Crippen LogP contribution in [0.3, 0.4) is 0 Å². The Labute approximate surface area is 242 Å². The van der Waals surface area contributed by atoms with E-state index < -0.39 is 13.9 Å². The number of rotatable bonds is 12. The van der Waals surface area contributed by atoms with Gasteiger partial charge in [-0.25, -0.2) is 4.79 Å². The molecule has 1 aromatic carbocycles. The Hall–Kier alpha value is -2.30. The van der Waals surface area contributed by atoms with Crippen LogP contribution in [-0.2, 0) is 9.47 Å². The van der Waals surface area contributed by atoms with Crippen molar-refractivity contribution in [3.63, 3.8) is 0 Å². The standard InChI is InChI=1S/C30H52N2O7Si/c1-21(2)32(27(33)22-13-14-25(37-9)26(17-22)38-16-12-15-36-8)24-20-31(28(34)39-29(3,4)5)19-23(24)18-30(6,7)40(10,11)35/h13-14,17,21,23-24,35H,12,15-16,18-20H2,1-11H3/t23?,24-/m1/s1. The quantitative estimate of drug-likeness (QED) is 0.255. The summed E-state index contributed by atoms with van der Waals surface area (Å²) >= 11 is 0. The normalized spacial score (nSPS) is 18.2. The highest BCUT2D eigenvalue weighted by atomic mass is 28.4. The van der Waals surface area contributed by atoms with Gasteiger partial charge in [0.1, 0.15) is 5.60 Å². The van der Waals surface area contributed by atoms with Crippen molar-refractivity contribution in [2.45, 2.75) is 97.1 Å². The van der Waals surface area contributed by atoms with Gasteiger partial charge in [0.15, 0.2) is 19.8 Å². The zero-order valence-corrected chi connectivity index (χ0v) is 27.5. The second-order valence-electron chi connectivity index (χ2n) is 13.2. The maximum absolute atomic E-state index is 14.1. The minimum absolute atomic E-state index is 0.0317. The molecule has 228 valence electrons. The molecular weight excluding hydrogens is 528 g/mol. The van der Waals surface area contributed by atoms with Crippen LogP contribution in [0, 0.1) is 5.92 Å². The van der Waals surface area contributed by atoms with E-state index in [0.717, 1.165) is 0 Å². The Morgan fingerprint density at radius 2 is 1.73 bits per heavy atom. The van der Waals surface area contributed by atoms with Gasteiger partial charge in [-0.3, -0.25) is 4.79 Å². The molecule has 0 radical (unpaired) electrons. The second kappa shape index (κ2) is 13.6. The summed E-state index contributed by atoms with van der Waals surface area (Å²) in [5, 5.41) is -0.325. The fourth-order valence-corrected chi connectivity index (χ4v) is 5.74. The van der Waals surface area contributed by atoms with Crippen molar-refractivity contribution in [2.24, 2.45) is 5.92 Å². The number of nitrogens with zero attached hydrogens (tertiary/aromatic N) is 2. The SMILES string of the molecule is COCCCOc1cc(C(=O)N(C(C)C)[C@@H]2CN(C(=O)OC(C)(C)C)CC2CC(C)(C)[Si](C)(C)O)ccc1OC. The number of likely N-dealkylation sites (tertiary alicyclic amines) is 1. The molecule has 0 bridgehead atoms. The van der Waals surface area contributed by atoms with E-state index in [-0.39, 0.29) is 35.0 Å². The topological polar surface area (TPSA) is 97.8 Å². The minimum Gasteiger partial charge on any atom is -0.493 e. The van der Waals surface area contributed by atoms with Crippen molar-refractivity contribution in [3.8, 4) is 11.5 Å². The predicted molar refractivity (Wildman–Crippen MR) is 160 cm³/mol. The summed E-state index contributed by atoms with van der Waals surface area (Å²) in [6, 6.07) is 4.85. The number of benzene rings is 1. The van der Waals surface area contributed by atoms with Crippen LogP contribution in [0.2, 0.25) is 18.1 Å². The zero-order valence-electron chi connectivity index (χ0n) is 26.5. The molecule has 9 nitrogen and oxygen atoms in total. The van der Waals surface area contributed by atoms with E-state index in [2.05, 4.69) is 13.8 Å². The molecule has 40 heavy (non-hydrogen) atoms. The average Bonchev–Trinajstić information content (AvgIpc) is 3.22. The van der Waals surface area contributed by atoms with E-state index in [1.54, 1.807) is 37.3 Å². The fraction of sp³-hybridized carbons (Fsp3) is 0.733. The molecule has 1 unspecified atom stereocenters. The third-order valence-electron chi connectivity index (χ3n) is 7.80. The first-order valence-electron chi connectivity index (χ1n) is 14.2. The first kappa shape index (κ1) is 33.9. The molecule has 10 heteroatoms. The summed E-state index contributed by atoms with van der Waals surface area (Å²) in [7, 11) is 0.678. The average molecular weight is 581 g/mol. The van der Waals surface area contributed by atoms with E-state index >= 15 is 0 Å². The molecule has 1 aliphatic heterocycles. The molecule has 1 saturated heterocycles. The fourth-order valence-electron chi connectivity index (χ4n) is 4.98. The molecule has 2 atom stereocenters.